The highest BCUT2D eigenvalue weighted by atomic mass is 32.1. The van der Waals surface area contributed by atoms with Crippen molar-refractivity contribution in [2.75, 3.05) is 13.1 Å². The topological polar surface area (TPSA) is 83.1 Å². The largest absolute Gasteiger partial charge is 0.354 e. The van der Waals surface area contributed by atoms with Gasteiger partial charge in [0.15, 0.2) is 0 Å². The number of thiazole rings is 1. The third-order valence-electron chi connectivity index (χ3n) is 2.77. The van der Waals surface area contributed by atoms with Crippen molar-refractivity contribution < 1.29 is 9.59 Å². The van der Waals surface area contributed by atoms with Crippen LogP contribution in [0.1, 0.15) is 43.9 Å². The molecule has 0 aliphatic heterocycles. The number of hydrogen-bond acceptors (Lipinski definition) is 4. The molecule has 118 valence electrons. The predicted octanol–water partition coefficient (Wildman–Crippen LogP) is 1.97. The Morgan fingerprint density at radius 2 is 2.05 bits per heavy atom. The van der Waals surface area contributed by atoms with E-state index < -0.39 is 0 Å². The molecule has 3 amide bonds. The summed E-state index contributed by atoms with van der Waals surface area (Å²) in [7, 11) is 0. The molecule has 1 unspecified atom stereocenters. The average Bonchev–Trinajstić information content (AvgIpc) is 2.86. The van der Waals surface area contributed by atoms with Crippen LogP contribution in [0.3, 0.4) is 0 Å². The molecule has 0 aromatic carbocycles. The van der Waals surface area contributed by atoms with E-state index >= 15 is 0 Å². The molecule has 1 rings (SSSR count). The molecule has 1 aromatic rings. The first kappa shape index (κ1) is 17.4. The van der Waals surface area contributed by atoms with Crippen molar-refractivity contribution in [1.29, 1.82) is 0 Å². The molecule has 1 aromatic heterocycles. The van der Waals surface area contributed by atoms with E-state index in [0.29, 0.717) is 12.5 Å². The molecular formula is C14H24N4O2S. The molecule has 0 spiro atoms. The van der Waals surface area contributed by atoms with E-state index in [-0.39, 0.29) is 24.5 Å². The van der Waals surface area contributed by atoms with Crippen LogP contribution in [0, 0.1) is 12.8 Å². The van der Waals surface area contributed by atoms with Crippen LogP contribution in [0.15, 0.2) is 5.38 Å². The molecular weight excluding hydrogens is 288 g/mol. The van der Waals surface area contributed by atoms with Gasteiger partial charge < -0.3 is 16.0 Å². The SMILES string of the molecule is CCC(NC(=O)NCC(=O)NCC(C)C)c1nc(C)cs1. The molecule has 0 aliphatic rings. The first-order valence-corrected chi connectivity index (χ1v) is 8.03. The van der Waals surface area contributed by atoms with Crippen LogP contribution in [-0.4, -0.2) is 30.0 Å². The Morgan fingerprint density at radius 1 is 1.33 bits per heavy atom. The summed E-state index contributed by atoms with van der Waals surface area (Å²) in [5.41, 5.74) is 0.948. The molecule has 0 fully saturated rings. The molecule has 1 atom stereocenters. The summed E-state index contributed by atoms with van der Waals surface area (Å²) < 4.78 is 0. The maximum atomic E-state index is 11.8. The van der Waals surface area contributed by atoms with Crippen LogP contribution < -0.4 is 16.0 Å². The van der Waals surface area contributed by atoms with Gasteiger partial charge >= 0.3 is 6.03 Å². The Bertz CT molecular complexity index is 473. The molecule has 6 nitrogen and oxygen atoms in total. The van der Waals surface area contributed by atoms with E-state index in [4.69, 9.17) is 0 Å². The van der Waals surface area contributed by atoms with Crippen LogP contribution in [0.4, 0.5) is 4.79 Å². The molecule has 1 heterocycles. The second-order valence-corrected chi connectivity index (χ2v) is 6.20. The molecule has 0 saturated heterocycles. The Balaban J connectivity index is 2.36. The molecule has 21 heavy (non-hydrogen) atoms. The lowest BCUT2D eigenvalue weighted by Gasteiger charge is -2.15. The van der Waals surface area contributed by atoms with Crippen LogP contribution >= 0.6 is 11.3 Å². The van der Waals surface area contributed by atoms with Crippen molar-refractivity contribution in [3.8, 4) is 0 Å². The minimum atomic E-state index is -0.352. The normalized spacial score (nSPS) is 12.0. The summed E-state index contributed by atoms with van der Waals surface area (Å²) in [5.74, 6) is 0.206. The minimum Gasteiger partial charge on any atom is -0.354 e. The van der Waals surface area contributed by atoms with Gasteiger partial charge in [0, 0.05) is 17.6 Å². The van der Waals surface area contributed by atoms with Gasteiger partial charge in [0.25, 0.3) is 0 Å². The number of carbonyl (C=O) groups is 2. The number of amides is 3. The Kier molecular flexibility index (Phi) is 7.14. The zero-order valence-electron chi connectivity index (χ0n) is 13.0. The van der Waals surface area contributed by atoms with E-state index in [1.54, 1.807) is 0 Å². The van der Waals surface area contributed by atoms with Gasteiger partial charge in [-0.05, 0) is 19.3 Å². The molecule has 3 N–H and O–H groups in total. The van der Waals surface area contributed by atoms with Gasteiger partial charge in [-0.1, -0.05) is 20.8 Å². The van der Waals surface area contributed by atoms with Gasteiger partial charge in [-0.25, -0.2) is 9.78 Å². The van der Waals surface area contributed by atoms with Gasteiger partial charge in [0.1, 0.15) is 5.01 Å². The summed E-state index contributed by atoms with van der Waals surface area (Å²) in [6, 6.07) is -0.475. The third-order valence-corrected chi connectivity index (χ3v) is 3.84. The van der Waals surface area contributed by atoms with Gasteiger partial charge in [-0.3, -0.25) is 4.79 Å². The van der Waals surface area contributed by atoms with Crippen molar-refractivity contribution >= 4 is 23.3 Å². The first-order chi connectivity index (χ1) is 9.92. The summed E-state index contributed by atoms with van der Waals surface area (Å²) in [5, 5.41) is 11.0. The lowest BCUT2D eigenvalue weighted by molar-refractivity contribution is -0.120. The standard InChI is InChI=1S/C14H24N4O2S/c1-5-11(13-17-10(4)8-21-13)18-14(20)16-7-12(19)15-6-9(2)3/h8-9,11H,5-7H2,1-4H3,(H,15,19)(H2,16,18,20). The van der Waals surface area contributed by atoms with Crippen molar-refractivity contribution in [3.05, 3.63) is 16.1 Å². The van der Waals surface area contributed by atoms with Crippen molar-refractivity contribution in [1.82, 2.24) is 20.9 Å². The zero-order valence-corrected chi connectivity index (χ0v) is 13.8. The first-order valence-electron chi connectivity index (χ1n) is 7.15. The van der Waals surface area contributed by atoms with E-state index in [0.717, 1.165) is 17.1 Å². The molecule has 0 aliphatic carbocycles. The third kappa shape index (κ3) is 6.57. The predicted molar refractivity (Wildman–Crippen MR) is 84.3 cm³/mol. The second-order valence-electron chi connectivity index (χ2n) is 5.31. The Labute approximate surface area is 129 Å². The maximum Gasteiger partial charge on any atom is 0.315 e. The fraction of sp³-hybridized carbons (Fsp3) is 0.643. The van der Waals surface area contributed by atoms with E-state index in [9.17, 15) is 9.59 Å². The number of aromatic nitrogens is 1. The number of aryl methyl sites for hydroxylation is 1. The molecule has 0 bridgehead atoms. The lowest BCUT2D eigenvalue weighted by atomic mass is 10.2. The number of rotatable bonds is 7. The summed E-state index contributed by atoms with van der Waals surface area (Å²) in [6.45, 7) is 8.53. The van der Waals surface area contributed by atoms with E-state index in [1.807, 2.05) is 33.1 Å². The number of hydrogen-bond donors (Lipinski definition) is 3. The van der Waals surface area contributed by atoms with Crippen molar-refractivity contribution in [2.45, 2.75) is 40.2 Å². The van der Waals surface area contributed by atoms with Gasteiger partial charge in [0.2, 0.25) is 5.91 Å². The summed E-state index contributed by atoms with van der Waals surface area (Å²) in [6.07, 6.45) is 0.750. The van der Waals surface area contributed by atoms with Gasteiger partial charge in [-0.15, -0.1) is 11.3 Å². The molecule has 7 heteroatoms. The zero-order chi connectivity index (χ0) is 15.8. The van der Waals surface area contributed by atoms with Gasteiger partial charge in [-0.2, -0.15) is 0 Å². The number of urea groups is 1. The highest BCUT2D eigenvalue weighted by molar-refractivity contribution is 7.09. The average molecular weight is 312 g/mol. The maximum absolute atomic E-state index is 11.8. The number of carbonyl (C=O) groups excluding carboxylic acids is 2. The highest BCUT2D eigenvalue weighted by Crippen LogP contribution is 2.20. The van der Waals surface area contributed by atoms with Gasteiger partial charge in [0.05, 0.1) is 12.6 Å². The van der Waals surface area contributed by atoms with Crippen molar-refractivity contribution in [3.63, 3.8) is 0 Å². The fourth-order valence-electron chi connectivity index (χ4n) is 1.62. The molecule has 0 radical (unpaired) electrons. The fourth-order valence-corrected chi connectivity index (χ4v) is 2.55. The Morgan fingerprint density at radius 3 is 2.57 bits per heavy atom. The monoisotopic (exact) mass is 312 g/mol. The summed E-state index contributed by atoms with van der Waals surface area (Å²) >= 11 is 1.53. The lowest BCUT2D eigenvalue weighted by Crippen LogP contribution is -2.43. The number of nitrogens with one attached hydrogen (secondary N) is 3. The van der Waals surface area contributed by atoms with Crippen LogP contribution in [0.2, 0.25) is 0 Å². The minimum absolute atomic E-state index is 0.0219. The smallest absolute Gasteiger partial charge is 0.315 e. The quantitative estimate of drug-likeness (QED) is 0.720. The second kappa shape index (κ2) is 8.61. The number of nitrogens with zero attached hydrogens (tertiary/aromatic N) is 1. The highest BCUT2D eigenvalue weighted by Gasteiger charge is 2.16. The van der Waals surface area contributed by atoms with Crippen LogP contribution in [0.25, 0.3) is 0 Å². The summed E-state index contributed by atoms with van der Waals surface area (Å²) in [4.78, 5) is 27.7. The van der Waals surface area contributed by atoms with Crippen LogP contribution in [-0.2, 0) is 4.79 Å². The van der Waals surface area contributed by atoms with Crippen molar-refractivity contribution in [2.24, 2.45) is 5.92 Å². The Hall–Kier alpha value is -1.63. The van der Waals surface area contributed by atoms with Crippen LogP contribution in [0.5, 0.6) is 0 Å². The van der Waals surface area contributed by atoms with E-state index in [1.165, 1.54) is 11.3 Å². The molecule has 0 saturated carbocycles. The van der Waals surface area contributed by atoms with E-state index in [2.05, 4.69) is 20.9 Å².